The Labute approximate surface area is 70.9 Å². The summed E-state index contributed by atoms with van der Waals surface area (Å²) in [7, 11) is 0. The molecule has 0 radical (unpaired) electrons. The van der Waals surface area contributed by atoms with Gasteiger partial charge < -0.3 is 11.5 Å². The van der Waals surface area contributed by atoms with Gasteiger partial charge in [-0.1, -0.05) is 0 Å². The van der Waals surface area contributed by atoms with Crippen molar-refractivity contribution >= 4 is 34.6 Å². The van der Waals surface area contributed by atoms with E-state index in [1.165, 1.54) is 9.11 Å². The van der Waals surface area contributed by atoms with Gasteiger partial charge in [0.25, 0.3) is 5.91 Å². The molecule has 0 saturated heterocycles. The average Bonchev–Trinajstić information content (AvgIpc) is 2.14. The summed E-state index contributed by atoms with van der Waals surface area (Å²) in [5, 5.41) is 0. The van der Waals surface area contributed by atoms with Crippen LogP contribution in [0.3, 0.4) is 0 Å². The lowest BCUT2D eigenvalue weighted by Crippen LogP contribution is -2.13. The van der Waals surface area contributed by atoms with E-state index in [9.17, 15) is 4.79 Å². The Balaban J connectivity index is 3.17. The number of halogens is 1. The average molecular weight is 252 g/mol. The van der Waals surface area contributed by atoms with Gasteiger partial charge in [0.05, 0.1) is 22.9 Å². The number of nitrogens with zero attached hydrogens (tertiary/aromatic N) is 2. The molecule has 0 bridgehead atoms. The Morgan fingerprint density at radius 1 is 1.80 bits per heavy atom. The van der Waals surface area contributed by atoms with Crippen LogP contribution < -0.4 is 11.5 Å². The third kappa shape index (κ3) is 1.06. The van der Waals surface area contributed by atoms with Crippen molar-refractivity contribution in [2.75, 3.05) is 5.73 Å². The molecule has 0 unspecified atom stereocenters. The van der Waals surface area contributed by atoms with Gasteiger partial charge in [-0.25, -0.2) is 4.98 Å². The molecule has 54 valence electrons. The van der Waals surface area contributed by atoms with Gasteiger partial charge in [0.2, 0.25) is 0 Å². The van der Waals surface area contributed by atoms with E-state index in [0.717, 1.165) is 0 Å². The maximum atomic E-state index is 10.5. The molecular weight excluding hydrogens is 247 g/mol. The standard InChI is InChI=1S/C4H5IN4O/c5-9-1-8-2(3(9)6)4(7)10/h1H,6H2,(H2,7,10). The number of imidazole rings is 1. The maximum Gasteiger partial charge on any atom is 0.271 e. The van der Waals surface area contributed by atoms with Gasteiger partial charge in [-0.05, 0) is 0 Å². The van der Waals surface area contributed by atoms with E-state index >= 15 is 0 Å². The van der Waals surface area contributed by atoms with E-state index < -0.39 is 5.91 Å². The van der Waals surface area contributed by atoms with Crippen LogP contribution in [0.5, 0.6) is 0 Å². The van der Waals surface area contributed by atoms with Crippen LogP contribution >= 0.6 is 22.9 Å². The number of anilines is 1. The first kappa shape index (κ1) is 7.32. The number of hydrogen-bond acceptors (Lipinski definition) is 3. The van der Waals surface area contributed by atoms with E-state index in [0.29, 0.717) is 0 Å². The second-order valence-corrected chi connectivity index (χ2v) is 2.69. The first-order valence-electron chi connectivity index (χ1n) is 2.41. The smallest absolute Gasteiger partial charge is 0.271 e. The molecular formula is C4H5IN4O. The van der Waals surface area contributed by atoms with Gasteiger partial charge in [-0.2, -0.15) is 0 Å². The molecule has 1 aromatic heterocycles. The summed E-state index contributed by atoms with van der Waals surface area (Å²) in [5.74, 6) is -0.319. The second kappa shape index (κ2) is 2.45. The van der Waals surface area contributed by atoms with Crippen molar-refractivity contribution in [2.24, 2.45) is 5.73 Å². The Morgan fingerprint density at radius 2 is 2.40 bits per heavy atom. The number of nitrogen functional groups attached to an aromatic ring is 1. The summed E-state index contributed by atoms with van der Waals surface area (Å²) in [6.07, 6.45) is 1.43. The van der Waals surface area contributed by atoms with E-state index in [-0.39, 0.29) is 11.5 Å². The predicted octanol–water partition coefficient (Wildman–Crippen LogP) is -0.238. The first-order valence-corrected chi connectivity index (χ1v) is 3.38. The number of nitrogens with two attached hydrogens (primary N) is 2. The molecule has 0 aromatic carbocycles. The van der Waals surface area contributed by atoms with E-state index in [1.807, 2.05) is 22.9 Å². The Bertz CT molecular complexity index is 268. The number of rotatable bonds is 1. The Hall–Kier alpha value is -0.790. The highest BCUT2D eigenvalue weighted by Crippen LogP contribution is 2.11. The molecule has 6 heteroatoms. The summed E-state index contributed by atoms with van der Waals surface area (Å²) in [4.78, 5) is 14.2. The first-order chi connectivity index (χ1) is 4.63. The largest absolute Gasteiger partial charge is 0.383 e. The van der Waals surface area contributed by atoms with Crippen LogP contribution in [-0.4, -0.2) is 13.7 Å². The fourth-order valence-electron chi connectivity index (χ4n) is 0.528. The monoisotopic (exact) mass is 252 g/mol. The third-order valence-corrected chi connectivity index (χ3v) is 1.76. The molecule has 0 aliphatic rings. The SMILES string of the molecule is NC(=O)c1ncn(I)c1N. The minimum Gasteiger partial charge on any atom is -0.383 e. The van der Waals surface area contributed by atoms with Crippen molar-refractivity contribution in [1.82, 2.24) is 7.76 Å². The molecule has 0 saturated carbocycles. The second-order valence-electron chi connectivity index (χ2n) is 1.65. The van der Waals surface area contributed by atoms with Crippen LogP contribution in [0.25, 0.3) is 0 Å². The molecule has 0 aliphatic heterocycles. The summed E-state index contributed by atoms with van der Waals surface area (Å²) in [5.41, 5.74) is 10.4. The van der Waals surface area contributed by atoms with Crippen LogP contribution in [0.4, 0.5) is 5.82 Å². The highest BCUT2D eigenvalue weighted by molar-refractivity contribution is 14.1. The lowest BCUT2D eigenvalue weighted by Gasteiger charge is -1.91. The topological polar surface area (TPSA) is 86.9 Å². The van der Waals surface area contributed by atoms with Crippen molar-refractivity contribution in [1.29, 1.82) is 0 Å². The predicted molar refractivity (Wildman–Crippen MR) is 44.6 cm³/mol. The van der Waals surface area contributed by atoms with Gasteiger partial charge in [-0.3, -0.25) is 7.58 Å². The van der Waals surface area contributed by atoms with E-state index in [2.05, 4.69) is 4.98 Å². The van der Waals surface area contributed by atoms with Gasteiger partial charge >= 0.3 is 0 Å². The van der Waals surface area contributed by atoms with Crippen LogP contribution in [0.15, 0.2) is 6.33 Å². The van der Waals surface area contributed by atoms with Crippen LogP contribution in [0, 0.1) is 0 Å². The van der Waals surface area contributed by atoms with Crippen LogP contribution in [-0.2, 0) is 0 Å². The van der Waals surface area contributed by atoms with Crippen molar-refractivity contribution in [2.45, 2.75) is 0 Å². The highest BCUT2D eigenvalue weighted by atomic mass is 127. The summed E-state index contributed by atoms with van der Waals surface area (Å²) in [6.45, 7) is 0. The lowest BCUT2D eigenvalue weighted by atomic mass is 10.4. The number of aromatic nitrogens is 2. The number of carbonyl (C=O) groups is 1. The Kier molecular flexibility index (Phi) is 1.79. The van der Waals surface area contributed by atoms with E-state index in [1.54, 1.807) is 0 Å². The molecule has 0 fully saturated rings. The quantitative estimate of drug-likeness (QED) is 0.676. The zero-order chi connectivity index (χ0) is 7.72. The van der Waals surface area contributed by atoms with Crippen molar-refractivity contribution in [3.05, 3.63) is 12.0 Å². The van der Waals surface area contributed by atoms with Crippen LogP contribution in [0.1, 0.15) is 10.5 Å². The zero-order valence-corrected chi connectivity index (χ0v) is 7.07. The number of primary amides is 1. The molecule has 0 spiro atoms. The van der Waals surface area contributed by atoms with Crippen molar-refractivity contribution in [3.8, 4) is 0 Å². The van der Waals surface area contributed by atoms with Gasteiger partial charge in [-0.15, -0.1) is 0 Å². The highest BCUT2D eigenvalue weighted by Gasteiger charge is 2.10. The van der Waals surface area contributed by atoms with Crippen LogP contribution in [0.2, 0.25) is 0 Å². The molecule has 0 atom stereocenters. The fourth-order valence-corrected chi connectivity index (χ4v) is 0.881. The van der Waals surface area contributed by atoms with Crippen molar-refractivity contribution < 1.29 is 4.79 Å². The fraction of sp³-hybridized carbons (Fsp3) is 0. The maximum absolute atomic E-state index is 10.5. The summed E-state index contributed by atoms with van der Waals surface area (Å²) < 4.78 is 1.50. The number of carbonyl (C=O) groups excluding carboxylic acids is 1. The van der Waals surface area contributed by atoms with Gasteiger partial charge in [0, 0.05) is 0 Å². The molecule has 1 heterocycles. The molecule has 1 amide bonds. The third-order valence-electron chi connectivity index (χ3n) is 0.994. The molecule has 0 aliphatic carbocycles. The van der Waals surface area contributed by atoms with E-state index in [4.69, 9.17) is 11.5 Å². The minimum atomic E-state index is -0.604. The lowest BCUT2D eigenvalue weighted by molar-refractivity contribution is 0.0997. The number of amides is 1. The summed E-state index contributed by atoms with van der Waals surface area (Å²) in [6, 6.07) is 0. The molecule has 4 N–H and O–H groups in total. The van der Waals surface area contributed by atoms with Gasteiger partial charge in [0.1, 0.15) is 12.1 Å². The molecule has 10 heavy (non-hydrogen) atoms. The summed E-state index contributed by atoms with van der Waals surface area (Å²) >= 11 is 1.90. The number of hydrogen-bond donors (Lipinski definition) is 2. The van der Waals surface area contributed by atoms with Gasteiger partial charge in [0.15, 0.2) is 5.69 Å². The molecule has 1 rings (SSSR count). The van der Waals surface area contributed by atoms with Crippen molar-refractivity contribution in [3.63, 3.8) is 0 Å². The molecule has 1 aromatic rings. The minimum absolute atomic E-state index is 0.120. The normalized spacial score (nSPS) is 9.70. The molecule has 5 nitrogen and oxygen atoms in total. The Morgan fingerprint density at radius 3 is 2.60 bits per heavy atom. The zero-order valence-electron chi connectivity index (χ0n) is 4.91.